The van der Waals surface area contributed by atoms with Crippen molar-refractivity contribution in [1.82, 2.24) is 19.3 Å². The lowest BCUT2D eigenvalue weighted by atomic mass is 10.1. The first kappa shape index (κ1) is 20.9. The van der Waals surface area contributed by atoms with Crippen LogP contribution >= 0.6 is 22.9 Å². The molecule has 1 amide bonds. The van der Waals surface area contributed by atoms with Crippen molar-refractivity contribution < 1.29 is 4.79 Å². The van der Waals surface area contributed by atoms with E-state index in [2.05, 4.69) is 15.4 Å². The number of amides is 1. The molecule has 5 rings (SSSR count). The van der Waals surface area contributed by atoms with Crippen molar-refractivity contribution in [2.75, 3.05) is 5.32 Å². The lowest BCUT2D eigenvalue weighted by Gasteiger charge is -2.11. The highest BCUT2D eigenvalue weighted by atomic mass is 35.5. The molecule has 32 heavy (non-hydrogen) atoms. The van der Waals surface area contributed by atoms with Crippen molar-refractivity contribution in [3.05, 3.63) is 74.2 Å². The number of benzene rings is 1. The van der Waals surface area contributed by atoms with Crippen LogP contribution in [0.5, 0.6) is 0 Å². The highest BCUT2D eigenvalue weighted by molar-refractivity contribution is 7.18. The fourth-order valence-electron chi connectivity index (χ4n) is 4.16. The van der Waals surface area contributed by atoms with E-state index < -0.39 is 0 Å². The topological polar surface area (TPSA) is 81.8 Å². The molecule has 0 saturated carbocycles. The summed E-state index contributed by atoms with van der Waals surface area (Å²) in [7, 11) is 0. The summed E-state index contributed by atoms with van der Waals surface area (Å²) in [4.78, 5) is 32.5. The second-order valence-corrected chi connectivity index (χ2v) is 9.43. The number of rotatable bonds is 5. The predicted molar refractivity (Wildman–Crippen MR) is 127 cm³/mol. The standard InChI is InChI=1S/C23H22ClN5O2S/c24-17-8-5-4-6-15(17)12-29-19(10-11-26-29)27-20(30)13-28-14-25-22-21(23(28)31)16-7-2-1-3-9-18(16)32-22/h4-6,8,10-11,14H,1-3,7,9,12-13H2,(H,27,30). The summed E-state index contributed by atoms with van der Waals surface area (Å²) < 4.78 is 3.06. The molecule has 0 atom stereocenters. The van der Waals surface area contributed by atoms with Gasteiger partial charge >= 0.3 is 0 Å². The molecule has 1 aliphatic rings. The van der Waals surface area contributed by atoms with Gasteiger partial charge in [0.15, 0.2) is 0 Å². The second-order valence-electron chi connectivity index (χ2n) is 7.94. The zero-order chi connectivity index (χ0) is 22.1. The Morgan fingerprint density at radius 3 is 2.88 bits per heavy atom. The SMILES string of the molecule is O=C(Cn1cnc2sc3c(c2c1=O)CCCCC3)Nc1ccnn1Cc1ccccc1Cl. The number of carbonyl (C=O) groups excluding carboxylic acids is 1. The Morgan fingerprint density at radius 1 is 1.16 bits per heavy atom. The monoisotopic (exact) mass is 467 g/mol. The summed E-state index contributed by atoms with van der Waals surface area (Å²) in [5.41, 5.74) is 1.89. The zero-order valence-electron chi connectivity index (χ0n) is 17.4. The van der Waals surface area contributed by atoms with Gasteiger partial charge in [0.2, 0.25) is 5.91 Å². The van der Waals surface area contributed by atoms with Crippen LogP contribution in [0.25, 0.3) is 10.2 Å². The molecule has 3 aromatic heterocycles. The van der Waals surface area contributed by atoms with Gasteiger partial charge in [0.25, 0.3) is 5.56 Å². The minimum Gasteiger partial charge on any atom is -0.309 e. The fraction of sp³-hybridized carbons (Fsp3) is 0.304. The number of anilines is 1. The number of nitrogens with one attached hydrogen (secondary N) is 1. The minimum atomic E-state index is -0.310. The Labute approximate surface area is 193 Å². The summed E-state index contributed by atoms with van der Waals surface area (Å²) in [6, 6.07) is 9.23. The number of fused-ring (bicyclic) bond motifs is 3. The minimum absolute atomic E-state index is 0.107. The van der Waals surface area contributed by atoms with E-state index in [1.807, 2.05) is 24.3 Å². The summed E-state index contributed by atoms with van der Waals surface area (Å²) in [6.45, 7) is 0.320. The lowest BCUT2D eigenvalue weighted by molar-refractivity contribution is -0.116. The van der Waals surface area contributed by atoms with Gasteiger partial charge in [0.05, 0.1) is 24.5 Å². The molecule has 4 aromatic rings. The zero-order valence-corrected chi connectivity index (χ0v) is 19.0. The van der Waals surface area contributed by atoms with E-state index in [0.29, 0.717) is 22.8 Å². The van der Waals surface area contributed by atoms with E-state index >= 15 is 0 Å². The Balaban J connectivity index is 1.36. The number of thiophene rings is 1. The Morgan fingerprint density at radius 2 is 2.00 bits per heavy atom. The van der Waals surface area contributed by atoms with Crippen LogP contribution in [0.15, 0.2) is 47.7 Å². The molecule has 1 aromatic carbocycles. The van der Waals surface area contributed by atoms with E-state index in [1.54, 1.807) is 28.3 Å². The highest BCUT2D eigenvalue weighted by Gasteiger charge is 2.20. The predicted octanol–water partition coefficient (Wildman–Crippen LogP) is 4.26. The number of halogens is 1. The fourth-order valence-corrected chi connectivity index (χ4v) is 5.58. The number of aromatic nitrogens is 4. The van der Waals surface area contributed by atoms with E-state index in [1.165, 1.54) is 22.2 Å². The third kappa shape index (κ3) is 4.08. The van der Waals surface area contributed by atoms with Crippen LogP contribution in [0.1, 0.15) is 35.3 Å². The average Bonchev–Trinajstić information content (AvgIpc) is 3.28. The average molecular weight is 468 g/mol. The van der Waals surface area contributed by atoms with Gasteiger partial charge in [-0.2, -0.15) is 5.10 Å². The maximum absolute atomic E-state index is 13.2. The second kappa shape index (κ2) is 8.88. The lowest BCUT2D eigenvalue weighted by Crippen LogP contribution is -2.28. The normalized spacial score (nSPS) is 13.7. The maximum atomic E-state index is 13.2. The van der Waals surface area contributed by atoms with Crippen LogP contribution in [-0.2, 0) is 30.7 Å². The smallest absolute Gasteiger partial charge is 0.262 e. The molecule has 0 bridgehead atoms. The highest BCUT2D eigenvalue weighted by Crippen LogP contribution is 2.32. The molecule has 0 spiro atoms. The molecule has 0 unspecified atom stereocenters. The molecule has 1 aliphatic carbocycles. The molecule has 0 saturated heterocycles. The van der Waals surface area contributed by atoms with Crippen molar-refractivity contribution in [1.29, 1.82) is 0 Å². The van der Waals surface area contributed by atoms with Crippen molar-refractivity contribution in [3.63, 3.8) is 0 Å². The third-order valence-corrected chi connectivity index (χ3v) is 7.34. The number of hydrogen-bond acceptors (Lipinski definition) is 5. The van der Waals surface area contributed by atoms with Crippen LogP contribution in [-0.4, -0.2) is 25.2 Å². The van der Waals surface area contributed by atoms with E-state index in [-0.39, 0.29) is 18.0 Å². The van der Waals surface area contributed by atoms with E-state index in [9.17, 15) is 9.59 Å². The van der Waals surface area contributed by atoms with Gasteiger partial charge in [0, 0.05) is 16.0 Å². The van der Waals surface area contributed by atoms with E-state index in [4.69, 9.17) is 11.6 Å². The largest absolute Gasteiger partial charge is 0.309 e. The van der Waals surface area contributed by atoms with Crippen molar-refractivity contribution in [3.8, 4) is 0 Å². The van der Waals surface area contributed by atoms with Crippen molar-refractivity contribution in [2.45, 2.75) is 45.2 Å². The van der Waals surface area contributed by atoms with Gasteiger partial charge in [-0.25, -0.2) is 9.67 Å². The molecule has 1 N–H and O–H groups in total. The Hall–Kier alpha value is -2.97. The first-order valence-electron chi connectivity index (χ1n) is 10.6. The van der Waals surface area contributed by atoms with Crippen molar-refractivity contribution in [2.24, 2.45) is 0 Å². The molecular formula is C23H22ClN5O2S. The van der Waals surface area contributed by atoms with Gasteiger partial charge in [-0.05, 0) is 42.9 Å². The van der Waals surface area contributed by atoms with Crippen LogP contribution in [0, 0.1) is 0 Å². The molecular weight excluding hydrogens is 446 g/mol. The quantitative estimate of drug-likeness (QED) is 0.444. The number of aryl methyl sites for hydroxylation is 2. The Bertz CT molecular complexity index is 1360. The summed E-state index contributed by atoms with van der Waals surface area (Å²) in [6.07, 6.45) is 8.42. The third-order valence-electron chi connectivity index (χ3n) is 5.77. The number of hydrogen-bond donors (Lipinski definition) is 1. The molecule has 0 fully saturated rings. The summed E-state index contributed by atoms with van der Waals surface area (Å²) in [5.74, 6) is 0.233. The molecule has 9 heteroatoms. The molecule has 0 radical (unpaired) electrons. The molecule has 3 heterocycles. The first-order chi connectivity index (χ1) is 15.6. The van der Waals surface area contributed by atoms with Crippen LogP contribution in [0.2, 0.25) is 5.02 Å². The van der Waals surface area contributed by atoms with Crippen LogP contribution in [0.4, 0.5) is 5.82 Å². The van der Waals surface area contributed by atoms with Gasteiger partial charge in [-0.1, -0.05) is 36.2 Å². The number of nitrogens with zero attached hydrogens (tertiary/aromatic N) is 4. The first-order valence-corrected chi connectivity index (χ1v) is 11.8. The molecule has 164 valence electrons. The summed E-state index contributed by atoms with van der Waals surface area (Å²) >= 11 is 7.87. The van der Waals surface area contributed by atoms with Gasteiger partial charge in [-0.3, -0.25) is 14.2 Å². The molecule has 0 aliphatic heterocycles. The van der Waals surface area contributed by atoms with Gasteiger partial charge in [-0.15, -0.1) is 11.3 Å². The Kier molecular flexibility index (Phi) is 5.80. The van der Waals surface area contributed by atoms with Crippen LogP contribution in [0.3, 0.4) is 0 Å². The van der Waals surface area contributed by atoms with Crippen LogP contribution < -0.4 is 10.9 Å². The summed E-state index contributed by atoms with van der Waals surface area (Å²) in [5, 5.41) is 8.46. The maximum Gasteiger partial charge on any atom is 0.262 e. The molecule has 7 nitrogen and oxygen atoms in total. The number of carbonyl (C=O) groups is 1. The van der Waals surface area contributed by atoms with Gasteiger partial charge < -0.3 is 5.32 Å². The van der Waals surface area contributed by atoms with Gasteiger partial charge in [0.1, 0.15) is 17.2 Å². The van der Waals surface area contributed by atoms with E-state index in [0.717, 1.165) is 41.6 Å². The van der Waals surface area contributed by atoms with Crippen molar-refractivity contribution >= 4 is 44.9 Å².